The number of hydrogen-bond donors (Lipinski definition) is 16. The topological polar surface area (TPSA) is 605 Å². The quantitative estimate of drug-likeness (QED) is 0.0111. The summed E-state index contributed by atoms with van der Waals surface area (Å²) in [6.45, 7) is 10.8. The van der Waals surface area contributed by atoms with Crippen LogP contribution in [0.1, 0.15) is 200 Å². The number of sulfone groups is 1. The van der Waals surface area contributed by atoms with Crippen molar-refractivity contribution < 1.29 is 150 Å². The molecular weight excluding hydrogens is 1750 g/mol. The Morgan fingerprint density at radius 2 is 1.11 bits per heavy atom. The number of carbonyl (C=O) groups excluding carboxylic acids is 8. The summed E-state index contributed by atoms with van der Waals surface area (Å²) in [5, 5.41) is 119. The van der Waals surface area contributed by atoms with Gasteiger partial charge in [-0.3, -0.25) is 52.7 Å². The van der Waals surface area contributed by atoms with Crippen LogP contribution in [0.3, 0.4) is 0 Å². The highest BCUT2D eigenvalue weighted by molar-refractivity contribution is 7.94. The second-order valence-corrected chi connectivity index (χ2v) is 36.2. The smallest absolute Gasteiger partial charge is 0.407 e. The van der Waals surface area contributed by atoms with Gasteiger partial charge in [-0.05, 0) is 129 Å². The van der Waals surface area contributed by atoms with Gasteiger partial charge in [-0.25, -0.2) is 18.6 Å². The Morgan fingerprint density at radius 3 is 1.62 bits per heavy atom. The molecule has 4 aromatic rings. The van der Waals surface area contributed by atoms with Crippen molar-refractivity contribution >= 4 is 86.6 Å². The van der Waals surface area contributed by atoms with Crippen LogP contribution in [0.2, 0.25) is 0 Å². The zero-order chi connectivity index (χ0) is 96.8. The zero-order valence-corrected chi connectivity index (χ0v) is 76.2. The number of methoxy groups -OCH3 is 1. The summed E-state index contributed by atoms with van der Waals surface area (Å²) >= 11 is 0. The minimum absolute atomic E-state index is 0.0154. The minimum atomic E-state index is -3.58. The van der Waals surface area contributed by atoms with Gasteiger partial charge in [0.2, 0.25) is 35.3 Å². The number of nitrogens with one attached hydrogen (secondary N) is 6. The number of rotatable bonds is 54. The van der Waals surface area contributed by atoms with Crippen molar-refractivity contribution in [1.82, 2.24) is 32.0 Å². The number of carboxylic acids is 4. The molecule has 1 heterocycles. The number of ether oxygens (including phenoxy) is 8. The number of phenolic OH excluding ortho intramolecular Hbond substituents is 2. The van der Waals surface area contributed by atoms with E-state index in [1.165, 1.54) is 53.0 Å². The SMILES string of the molecule is C=CS(=O)(=O)CCOC(=O)NCCOCCOCCNC(=O)C(C)CC(CC(CC(CC(CC(C)C(=O)O)c1ccc2c(c1)CCc1ccc(C(CC(C)C(=O)O)CC(C)C(=O)O)cc1CC2)C(=O)O)C(=O)NCCC(=O)N/N=C(\CO)C1(O)Cc2c(O)c3c(c(O)c2C(OC2CC(N)C(O)C(C)O2)C1)C(=O)c1c(OC)cccc1C3=O)C(=O)NCCOCCOCCNC(C)=O. The maximum atomic E-state index is 15.3. The van der Waals surface area contributed by atoms with Crippen LogP contribution in [0.25, 0.3) is 0 Å². The summed E-state index contributed by atoms with van der Waals surface area (Å²) < 4.78 is 68.2. The third kappa shape index (κ3) is 30.3. The van der Waals surface area contributed by atoms with Gasteiger partial charge in [-0.2, -0.15) is 5.10 Å². The lowest BCUT2D eigenvalue weighted by atomic mass is 9.71. The molecule has 4 aliphatic rings. The number of benzene rings is 4. The molecule has 40 heteroatoms. The number of aromatic hydroxyl groups is 2. The van der Waals surface area contributed by atoms with Crippen molar-refractivity contribution in [3.05, 3.63) is 133 Å². The van der Waals surface area contributed by atoms with Crippen molar-refractivity contribution in [2.24, 2.45) is 52.3 Å². The van der Waals surface area contributed by atoms with Gasteiger partial charge in [-0.1, -0.05) is 82.8 Å². The number of hydrogen-bond acceptors (Lipinski definition) is 29. The molecule has 8 rings (SSSR count). The number of aryl methyl sites for hydroxylation is 4. The van der Waals surface area contributed by atoms with E-state index in [9.17, 15) is 107 Å². The molecule has 0 aromatic heterocycles. The number of fused-ring (bicyclic) bond motifs is 5. The molecule has 17 N–H and O–H groups in total. The minimum Gasteiger partial charge on any atom is -0.507 e. The van der Waals surface area contributed by atoms with Gasteiger partial charge < -0.3 is 116 Å². The fraction of sp³-hybridized carbons (Fsp3) is 0.576. The summed E-state index contributed by atoms with van der Waals surface area (Å²) in [4.78, 5) is 162. The standard InChI is InChI=1S/C92H126N8O31S/c1-9-132(122,123)36-35-129-91(120)98-26-30-128-34-33-126-28-24-96-84(109)50(2)37-64(85(110)97-25-29-127-32-31-125-27-23-94-55(7)102)44-65(45-66(90(118)119)43-63(40-53(5)89(116)117)61-20-16-57-13-17-58-41-60(19-15-56(58)14-18-59(57)42-61)62(38-51(3)87(112)113)39-52(4)88(114)115)86(111)95-22-21-73(103)100-99-72(49-101)92(121)47-68-76(71(48-92)131-74-46-69(93)79(104)54(6)130-74)83(108)78-77(81(68)106)80(105)67-11-10-12-70(124-8)75(67)82(78)107/h9-12,15-16,19-20,41-42,50-54,62-66,69,71,74,79,101,104,106,108,121H,1,13-14,17-18,21-40,43-49,93H2,2-8H3,(H,94,102)(H,95,111)(H,96,109)(H,97,110)(H,98,120)(H,100,103)(H,112,113)(H,114,115)(H,116,117)(H,118,119)/b99-72+. The fourth-order valence-electron chi connectivity index (χ4n) is 17.0. The van der Waals surface area contributed by atoms with Crippen molar-refractivity contribution in [2.45, 2.75) is 186 Å². The van der Waals surface area contributed by atoms with Crippen molar-refractivity contribution in [3.8, 4) is 17.2 Å². The molecule has 4 aromatic carbocycles. The number of phenols is 2. The molecule has 6 amide bonds. The molecule has 14 atom stereocenters. The van der Waals surface area contributed by atoms with Crippen LogP contribution >= 0.6 is 0 Å². The lowest BCUT2D eigenvalue weighted by molar-refractivity contribution is -0.245. The highest BCUT2D eigenvalue weighted by Crippen LogP contribution is 2.53. The highest BCUT2D eigenvalue weighted by atomic mass is 32.2. The first-order chi connectivity index (χ1) is 62.7. The number of nitrogens with zero attached hydrogens (tertiary/aromatic N) is 1. The fourth-order valence-corrected chi connectivity index (χ4v) is 17.5. The monoisotopic (exact) mass is 1870 g/mol. The molecule has 3 aliphatic carbocycles. The van der Waals surface area contributed by atoms with E-state index < -0.39 is 238 Å². The van der Waals surface area contributed by atoms with E-state index in [4.69, 9.17) is 43.6 Å². The van der Waals surface area contributed by atoms with E-state index in [-0.39, 0.29) is 164 Å². The number of aliphatic hydroxyl groups is 3. The van der Waals surface area contributed by atoms with Gasteiger partial charge >= 0.3 is 30.0 Å². The first-order valence-corrected chi connectivity index (χ1v) is 46.0. The van der Waals surface area contributed by atoms with Gasteiger partial charge in [0.05, 0.1) is 137 Å². The molecule has 1 aliphatic heterocycles. The summed E-state index contributed by atoms with van der Waals surface area (Å²) in [5.41, 5.74) is 8.63. The summed E-state index contributed by atoms with van der Waals surface area (Å²) in [5.74, 6) is -20.7. The van der Waals surface area contributed by atoms with Crippen molar-refractivity contribution in [2.75, 3.05) is 112 Å². The Labute approximate surface area is 765 Å². The number of nitrogens with two attached hydrogens (primary N) is 1. The Kier molecular flexibility index (Phi) is 41.0. The van der Waals surface area contributed by atoms with E-state index in [0.29, 0.717) is 31.2 Å². The second-order valence-electron chi connectivity index (χ2n) is 34.1. The summed E-state index contributed by atoms with van der Waals surface area (Å²) in [6, 6.07) is 14.8. The van der Waals surface area contributed by atoms with E-state index in [1.54, 1.807) is 13.8 Å². The first-order valence-electron chi connectivity index (χ1n) is 44.3. The molecule has 0 spiro atoms. The van der Waals surface area contributed by atoms with Gasteiger partial charge in [0.1, 0.15) is 29.5 Å². The van der Waals surface area contributed by atoms with Crippen LogP contribution in [0.4, 0.5) is 4.79 Å². The molecule has 0 radical (unpaired) electrons. The molecule has 0 bridgehead atoms. The second kappa shape index (κ2) is 50.8. The number of carbonyl (C=O) groups is 12. The molecule has 1 saturated heterocycles. The molecule has 132 heavy (non-hydrogen) atoms. The Hall–Kier alpha value is -10.9. The van der Waals surface area contributed by atoms with Crippen LogP contribution in [0.15, 0.2) is 71.7 Å². The number of amides is 6. The van der Waals surface area contributed by atoms with Crippen molar-refractivity contribution in [1.29, 1.82) is 0 Å². The average Bonchev–Trinajstić information content (AvgIpc) is 0.708. The maximum Gasteiger partial charge on any atom is 0.407 e. The molecule has 39 nitrogen and oxygen atoms in total. The predicted octanol–water partition coefficient (Wildman–Crippen LogP) is 4.34. The van der Waals surface area contributed by atoms with E-state index in [0.717, 1.165) is 33.2 Å². The van der Waals surface area contributed by atoms with Crippen LogP contribution < -0.4 is 42.5 Å². The lowest BCUT2D eigenvalue weighted by Gasteiger charge is -2.43. The van der Waals surface area contributed by atoms with Gasteiger partial charge in [0.15, 0.2) is 21.9 Å². The number of alkyl carbamates (subject to hydrolysis) is 1. The molecule has 726 valence electrons. The molecular formula is C92H126N8O31S. The lowest BCUT2D eigenvalue weighted by Crippen LogP contribution is -2.53. The number of ketones is 2. The number of aliphatic hydroxyl groups excluding tert-OH is 2. The Morgan fingerprint density at radius 1 is 0.606 bits per heavy atom. The van der Waals surface area contributed by atoms with Gasteiger partial charge in [-0.15, -0.1) is 0 Å². The van der Waals surface area contributed by atoms with Crippen LogP contribution in [-0.4, -0.2) is 273 Å². The summed E-state index contributed by atoms with van der Waals surface area (Å²) in [7, 11) is -2.31. The van der Waals surface area contributed by atoms with Crippen LogP contribution in [0, 0.1) is 41.4 Å². The Bertz CT molecular complexity index is 4880. The maximum absolute atomic E-state index is 15.3. The predicted molar refractivity (Wildman–Crippen MR) is 474 cm³/mol. The van der Waals surface area contributed by atoms with Gasteiger partial charge in [0, 0.05) is 111 Å². The van der Waals surface area contributed by atoms with E-state index in [2.05, 4.69) is 43.7 Å². The van der Waals surface area contributed by atoms with E-state index in [1.807, 2.05) is 36.4 Å². The van der Waals surface area contributed by atoms with Crippen LogP contribution in [-0.2, 0) is 118 Å². The number of aliphatic carboxylic acids is 4. The highest BCUT2D eigenvalue weighted by Gasteiger charge is 2.50. The number of carboxylic acid groups (broad SMARTS) is 4. The van der Waals surface area contributed by atoms with Crippen molar-refractivity contribution in [3.63, 3.8) is 0 Å². The van der Waals surface area contributed by atoms with E-state index >= 15 is 4.79 Å². The third-order valence-corrected chi connectivity index (χ3v) is 25.7. The Balaban J connectivity index is 1.06. The normalized spacial score (nSPS) is 19.7. The number of hydrazone groups is 1. The molecule has 14 unspecified atom stereocenters. The average molecular weight is 1870 g/mol. The largest absolute Gasteiger partial charge is 0.507 e. The molecule has 0 saturated carbocycles. The zero-order valence-electron chi connectivity index (χ0n) is 75.4. The summed E-state index contributed by atoms with van der Waals surface area (Å²) in [6.07, 6.45) is -6.97. The third-order valence-electron chi connectivity index (χ3n) is 24.4. The van der Waals surface area contributed by atoms with Crippen LogP contribution in [0.5, 0.6) is 17.2 Å². The molecule has 1 fully saturated rings. The van der Waals surface area contributed by atoms with Gasteiger partial charge in [0.25, 0.3) is 0 Å². The first kappa shape index (κ1) is 106.